The summed E-state index contributed by atoms with van der Waals surface area (Å²) in [6.07, 6.45) is -2.78. The number of hydrogen-bond acceptors (Lipinski definition) is 2. The molecule has 2 nitrogen and oxygen atoms in total. The van der Waals surface area contributed by atoms with E-state index in [9.17, 15) is 13.2 Å². The van der Waals surface area contributed by atoms with Gasteiger partial charge in [0.15, 0.2) is 0 Å². The topological polar surface area (TPSA) is 22.1 Å². The first-order chi connectivity index (χ1) is 5.63. The maximum Gasteiger partial charge on any atom is 0.280 e. The molecule has 5 heteroatoms. The molecule has 0 aliphatic heterocycles. The maximum atomic E-state index is 12.5. The number of pyridine rings is 1. The zero-order chi connectivity index (χ0) is 9.14. The molecule has 0 saturated carbocycles. The summed E-state index contributed by atoms with van der Waals surface area (Å²) in [4.78, 5) is 2.98. The Morgan fingerprint density at radius 2 is 2.08 bits per heavy atom. The second kappa shape index (κ2) is 3.42. The largest absolute Gasteiger partial charge is 0.497 e. The second-order valence-electron chi connectivity index (χ2n) is 2.06. The Balaban J connectivity index is 3.06. The molecule has 1 aromatic heterocycles. The van der Waals surface area contributed by atoms with Gasteiger partial charge in [0, 0.05) is 12.1 Å². The maximum absolute atomic E-state index is 12.5. The molecular weight excluding hydrogens is 171 g/mol. The fourth-order valence-corrected chi connectivity index (χ4v) is 0.722. The van der Waals surface area contributed by atoms with E-state index in [1.807, 2.05) is 0 Å². The summed E-state index contributed by atoms with van der Waals surface area (Å²) in [6.45, 7) is 0. The monoisotopic (exact) mass is 177 g/mol. The van der Waals surface area contributed by atoms with Crippen molar-refractivity contribution < 1.29 is 17.9 Å². The lowest BCUT2D eigenvalue weighted by atomic mass is 10.3. The number of rotatable bonds is 2. The molecule has 66 valence electrons. The fraction of sp³-hybridized carbons (Fsp3) is 0.286. The van der Waals surface area contributed by atoms with Gasteiger partial charge in [-0.25, -0.2) is 13.8 Å². The molecule has 0 aromatic carbocycles. The van der Waals surface area contributed by atoms with Crippen molar-refractivity contribution in [2.24, 2.45) is 0 Å². The van der Waals surface area contributed by atoms with Crippen molar-refractivity contribution >= 4 is 0 Å². The Morgan fingerprint density at radius 3 is 2.58 bits per heavy atom. The molecule has 0 bridgehead atoms. The summed E-state index contributed by atoms with van der Waals surface area (Å²) in [7, 11) is 1.27. The number of nitrogens with zero attached hydrogens (tertiary/aromatic N) is 1. The van der Waals surface area contributed by atoms with Crippen LogP contribution in [-0.2, 0) is 0 Å². The normalized spacial score (nSPS) is 10.4. The minimum absolute atomic E-state index is 0.0396. The molecule has 12 heavy (non-hydrogen) atoms. The predicted molar refractivity (Wildman–Crippen MR) is 35.7 cm³/mol. The molecule has 0 amide bonds. The van der Waals surface area contributed by atoms with E-state index < -0.39 is 18.1 Å². The molecule has 0 radical (unpaired) electrons. The first-order valence-corrected chi connectivity index (χ1v) is 3.13. The number of aromatic nitrogens is 1. The molecular formula is C7H6F3NO. The zero-order valence-corrected chi connectivity index (χ0v) is 6.22. The highest BCUT2D eigenvalue weighted by Gasteiger charge is 2.11. The van der Waals surface area contributed by atoms with E-state index in [1.54, 1.807) is 0 Å². The van der Waals surface area contributed by atoms with Crippen LogP contribution < -0.4 is 4.74 Å². The first-order valence-electron chi connectivity index (χ1n) is 3.13. The van der Waals surface area contributed by atoms with E-state index in [-0.39, 0.29) is 5.75 Å². The van der Waals surface area contributed by atoms with Gasteiger partial charge >= 0.3 is 0 Å². The molecule has 0 N–H and O–H groups in total. The van der Waals surface area contributed by atoms with Crippen molar-refractivity contribution in [2.75, 3.05) is 7.11 Å². The van der Waals surface area contributed by atoms with Crippen LogP contribution in [0.15, 0.2) is 12.1 Å². The summed E-state index contributed by atoms with van der Waals surface area (Å²) < 4.78 is 41.0. The molecule has 0 fully saturated rings. The van der Waals surface area contributed by atoms with E-state index in [0.29, 0.717) is 0 Å². The molecule has 0 atom stereocenters. The minimum atomic E-state index is -2.78. The lowest BCUT2D eigenvalue weighted by Gasteiger charge is -2.02. The Labute approximate surface area is 67.0 Å². The van der Waals surface area contributed by atoms with Crippen molar-refractivity contribution in [1.82, 2.24) is 4.98 Å². The summed E-state index contributed by atoms with van der Waals surface area (Å²) in [5.41, 5.74) is -0.619. The SMILES string of the molecule is COc1cc(F)nc(C(F)F)c1. The number of halogens is 3. The summed E-state index contributed by atoms with van der Waals surface area (Å²) >= 11 is 0. The van der Waals surface area contributed by atoms with Gasteiger partial charge in [0.25, 0.3) is 6.43 Å². The highest BCUT2D eigenvalue weighted by atomic mass is 19.3. The van der Waals surface area contributed by atoms with Crippen LogP contribution in [-0.4, -0.2) is 12.1 Å². The highest BCUT2D eigenvalue weighted by Crippen LogP contribution is 2.21. The zero-order valence-electron chi connectivity index (χ0n) is 6.22. The average Bonchev–Trinajstić information content (AvgIpc) is 2.03. The van der Waals surface area contributed by atoms with Crippen LogP contribution >= 0.6 is 0 Å². The second-order valence-corrected chi connectivity index (χ2v) is 2.06. The quantitative estimate of drug-likeness (QED) is 0.646. The summed E-state index contributed by atoms with van der Waals surface area (Å²) in [5.74, 6) is -0.928. The molecule has 1 heterocycles. The first kappa shape index (κ1) is 8.83. The molecule has 1 aromatic rings. The van der Waals surface area contributed by atoms with E-state index in [0.717, 1.165) is 12.1 Å². The van der Waals surface area contributed by atoms with Gasteiger partial charge in [-0.2, -0.15) is 4.39 Å². The van der Waals surface area contributed by atoms with Gasteiger partial charge in [-0.05, 0) is 0 Å². The van der Waals surface area contributed by atoms with Crippen molar-refractivity contribution in [3.8, 4) is 5.75 Å². The summed E-state index contributed by atoms with van der Waals surface area (Å²) in [6, 6.07) is 1.93. The molecule has 1 rings (SSSR count). The van der Waals surface area contributed by atoms with Crippen LogP contribution in [0, 0.1) is 5.95 Å². The third-order valence-corrected chi connectivity index (χ3v) is 1.25. The van der Waals surface area contributed by atoms with Gasteiger partial charge in [0.1, 0.15) is 11.4 Å². The standard InChI is InChI=1S/C7H6F3NO/c1-12-4-2-5(7(9)10)11-6(8)3-4/h2-3,7H,1H3. The third-order valence-electron chi connectivity index (χ3n) is 1.25. The Bertz CT molecular complexity index is 277. The van der Waals surface area contributed by atoms with E-state index in [2.05, 4.69) is 9.72 Å². The number of alkyl halides is 2. The van der Waals surface area contributed by atoms with E-state index >= 15 is 0 Å². The molecule has 0 aliphatic carbocycles. The fourth-order valence-electron chi connectivity index (χ4n) is 0.722. The van der Waals surface area contributed by atoms with Crippen LogP contribution in [0.5, 0.6) is 5.75 Å². The molecule has 0 unspecified atom stereocenters. The van der Waals surface area contributed by atoms with Gasteiger partial charge in [0.05, 0.1) is 7.11 Å². The van der Waals surface area contributed by atoms with Gasteiger partial charge in [-0.3, -0.25) is 0 Å². The third kappa shape index (κ3) is 1.87. The lowest BCUT2D eigenvalue weighted by molar-refractivity contribution is 0.144. The van der Waals surface area contributed by atoms with Gasteiger partial charge < -0.3 is 4.74 Å². The van der Waals surface area contributed by atoms with Crippen molar-refractivity contribution in [3.63, 3.8) is 0 Å². The highest BCUT2D eigenvalue weighted by molar-refractivity contribution is 5.23. The van der Waals surface area contributed by atoms with Crippen molar-refractivity contribution in [2.45, 2.75) is 6.43 Å². The van der Waals surface area contributed by atoms with Crippen LogP contribution in [0.25, 0.3) is 0 Å². The van der Waals surface area contributed by atoms with E-state index in [4.69, 9.17) is 0 Å². The van der Waals surface area contributed by atoms with Crippen LogP contribution in [0.1, 0.15) is 12.1 Å². The van der Waals surface area contributed by atoms with Crippen LogP contribution in [0.2, 0.25) is 0 Å². The van der Waals surface area contributed by atoms with Gasteiger partial charge in [-0.1, -0.05) is 0 Å². The number of ether oxygens (including phenoxy) is 1. The molecule has 0 spiro atoms. The Hall–Kier alpha value is -1.26. The lowest BCUT2D eigenvalue weighted by Crippen LogP contribution is -1.95. The smallest absolute Gasteiger partial charge is 0.280 e. The Morgan fingerprint density at radius 1 is 1.42 bits per heavy atom. The minimum Gasteiger partial charge on any atom is -0.497 e. The number of hydrogen-bond donors (Lipinski definition) is 0. The number of methoxy groups -OCH3 is 1. The van der Waals surface area contributed by atoms with Crippen molar-refractivity contribution in [3.05, 3.63) is 23.8 Å². The van der Waals surface area contributed by atoms with Gasteiger partial charge in [0.2, 0.25) is 5.95 Å². The molecule has 0 saturated heterocycles. The average molecular weight is 177 g/mol. The van der Waals surface area contributed by atoms with Crippen molar-refractivity contribution in [1.29, 1.82) is 0 Å². The van der Waals surface area contributed by atoms with E-state index in [1.165, 1.54) is 7.11 Å². The van der Waals surface area contributed by atoms with Gasteiger partial charge in [-0.15, -0.1) is 0 Å². The van der Waals surface area contributed by atoms with Crippen LogP contribution in [0.3, 0.4) is 0 Å². The molecule has 0 aliphatic rings. The summed E-state index contributed by atoms with van der Waals surface area (Å²) in [5, 5.41) is 0. The predicted octanol–water partition coefficient (Wildman–Crippen LogP) is 2.17. The van der Waals surface area contributed by atoms with Crippen LogP contribution in [0.4, 0.5) is 13.2 Å². The Kier molecular flexibility index (Phi) is 2.52.